The fourth-order valence-electron chi connectivity index (χ4n) is 3.57. The Morgan fingerprint density at radius 2 is 1.96 bits per heavy atom. The van der Waals surface area contributed by atoms with Gasteiger partial charge in [0.1, 0.15) is 11.6 Å². The highest BCUT2D eigenvalue weighted by Crippen LogP contribution is 2.31. The van der Waals surface area contributed by atoms with E-state index in [-0.39, 0.29) is 11.9 Å². The van der Waals surface area contributed by atoms with Crippen molar-refractivity contribution in [2.24, 2.45) is 0 Å². The predicted molar refractivity (Wildman–Crippen MR) is 95.3 cm³/mol. The van der Waals surface area contributed by atoms with E-state index in [0.717, 1.165) is 53.4 Å². The molecule has 0 saturated carbocycles. The highest BCUT2D eigenvalue weighted by atomic mass is 19.1. The van der Waals surface area contributed by atoms with Crippen LogP contribution in [0.1, 0.15) is 24.2 Å². The Morgan fingerprint density at radius 1 is 1.20 bits per heavy atom. The Bertz CT molecular complexity index is 919. The van der Waals surface area contributed by atoms with Gasteiger partial charge in [0.05, 0.1) is 11.8 Å². The number of hydrogen-bond donors (Lipinski definition) is 1. The number of rotatable bonds is 2. The number of fused-ring (bicyclic) bond motifs is 1. The maximum atomic E-state index is 13.3. The second-order valence-corrected chi connectivity index (χ2v) is 6.70. The molecule has 1 aliphatic heterocycles. The highest BCUT2D eigenvalue weighted by Gasteiger charge is 2.23. The smallest absolute Gasteiger partial charge is 0.165 e. The zero-order valence-electron chi connectivity index (χ0n) is 14.4. The zero-order valence-corrected chi connectivity index (χ0v) is 14.4. The molecule has 1 fully saturated rings. The number of benzene rings is 1. The third-order valence-corrected chi connectivity index (χ3v) is 4.73. The van der Waals surface area contributed by atoms with Crippen LogP contribution in [0.2, 0.25) is 0 Å². The molecule has 1 N–H and O–H groups in total. The third kappa shape index (κ3) is 2.87. The zero-order chi connectivity index (χ0) is 17.6. The lowest BCUT2D eigenvalue weighted by Gasteiger charge is -2.32. The molecule has 1 aliphatic rings. The van der Waals surface area contributed by atoms with Crippen molar-refractivity contribution < 1.29 is 9.50 Å². The standard InChI is InChI=1S/C19H21FN4O/c1-12-10-17(23-9-3-4-16(25)11-23)24-19(21-12)18(13(2)22-24)14-5-7-15(20)8-6-14/h5-8,10,16,25H,3-4,9,11H2,1-2H3/t16-/m0/s1. The second-order valence-electron chi connectivity index (χ2n) is 6.70. The van der Waals surface area contributed by atoms with E-state index >= 15 is 0 Å². The van der Waals surface area contributed by atoms with Crippen LogP contribution in [0.3, 0.4) is 0 Å². The van der Waals surface area contributed by atoms with Gasteiger partial charge in [-0.1, -0.05) is 12.1 Å². The van der Waals surface area contributed by atoms with Crippen LogP contribution in [0.15, 0.2) is 30.3 Å². The van der Waals surface area contributed by atoms with Gasteiger partial charge in [-0.15, -0.1) is 0 Å². The van der Waals surface area contributed by atoms with Crippen molar-refractivity contribution in [1.82, 2.24) is 14.6 Å². The van der Waals surface area contributed by atoms with Crippen LogP contribution in [-0.2, 0) is 0 Å². The summed E-state index contributed by atoms with van der Waals surface area (Å²) in [4.78, 5) is 6.85. The van der Waals surface area contributed by atoms with Crippen LogP contribution in [0, 0.1) is 19.7 Å². The molecule has 1 saturated heterocycles. The van der Waals surface area contributed by atoms with E-state index in [0.29, 0.717) is 6.54 Å². The fraction of sp³-hybridized carbons (Fsp3) is 0.368. The molecule has 3 heterocycles. The summed E-state index contributed by atoms with van der Waals surface area (Å²) in [6.07, 6.45) is 1.48. The molecular formula is C19H21FN4O. The van der Waals surface area contributed by atoms with Gasteiger partial charge in [0.25, 0.3) is 0 Å². The van der Waals surface area contributed by atoms with Crippen molar-refractivity contribution >= 4 is 11.5 Å². The third-order valence-electron chi connectivity index (χ3n) is 4.73. The maximum Gasteiger partial charge on any atom is 0.165 e. The van der Waals surface area contributed by atoms with Crippen LogP contribution >= 0.6 is 0 Å². The van der Waals surface area contributed by atoms with Gasteiger partial charge in [0.15, 0.2) is 5.65 Å². The van der Waals surface area contributed by atoms with Crippen LogP contribution in [0.25, 0.3) is 16.8 Å². The number of aliphatic hydroxyl groups excluding tert-OH is 1. The van der Waals surface area contributed by atoms with Gasteiger partial charge in [-0.3, -0.25) is 0 Å². The number of aliphatic hydroxyl groups is 1. The fourth-order valence-corrected chi connectivity index (χ4v) is 3.57. The van der Waals surface area contributed by atoms with Crippen molar-refractivity contribution in [1.29, 1.82) is 0 Å². The summed E-state index contributed by atoms with van der Waals surface area (Å²) in [5.41, 5.74) is 4.33. The number of β-amino-alcohol motifs (C(OH)–C–C–N with tert-alkyl or cyclic N) is 1. The molecule has 1 aromatic carbocycles. The van der Waals surface area contributed by atoms with Crippen molar-refractivity contribution in [3.05, 3.63) is 47.5 Å². The topological polar surface area (TPSA) is 53.7 Å². The summed E-state index contributed by atoms with van der Waals surface area (Å²) in [6, 6.07) is 8.43. The molecule has 130 valence electrons. The monoisotopic (exact) mass is 340 g/mol. The molecule has 0 aliphatic carbocycles. The van der Waals surface area contributed by atoms with Gasteiger partial charge in [-0.25, -0.2) is 9.37 Å². The highest BCUT2D eigenvalue weighted by molar-refractivity contribution is 5.81. The average Bonchev–Trinajstić information content (AvgIpc) is 2.91. The van der Waals surface area contributed by atoms with Gasteiger partial charge < -0.3 is 10.0 Å². The molecule has 0 amide bonds. The lowest BCUT2D eigenvalue weighted by atomic mass is 10.1. The summed E-state index contributed by atoms with van der Waals surface area (Å²) in [5.74, 6) is 0.683. The number of hydrogen-bond acceptors (Lipinski definition) is 4. The number of aryl methyl sites for hydroxylation is 2. The molecule has 0 unspecified atom stereocenters. The Balaban J connectivity index is 1.89. The van der Waals surface area contributed by atoms with Crippen molar-refractivity contribution in [2.45, 2.75) is 32.8 Å². The normalized spacial score (nSPS) is 18.1. The number of nitrogens with zero attached hydrogens (tertiary/aromatic N) is 4. The first kappa shape index (κ1) is 16.0. The number of piperidine rings is 1. The first-order valence-corrected chi connectivity index (χ1v) is 8.59. The SMILES string of the molecule is Cc1cc(N2CCC[C@H](O)C2)n2nc(C)c(-c3ccc(F)cc3)c2n1. The first-order valence-electron chi connectivity index (χ1n) is 8.59. The minimum atomic E-state index is -0.314. The second kappa shape index (κ2) is 6.11. The van der Waals surface area contributed by atoms with Gasteiger partial charge in [-0.05, 0) is 44.4 Å². The molecule has 0 bridgehead atoms. The van der Waals surface area contributed by atoms with Gasteiger partial charge >= 0.3 is 0 Å². The van der Waals surface area contributed by atoms with E-state index in [1.54, 1.807) is 12.1 Å². The Morgan fingerprint density at radius 3 is 2.68 bits per heavy atom. The average molecular weight is 340 g/mol. The molecule has 4 rings (SSSR count). The summed E-state index contributed by atoms with van der Waals surface area (Å²) in [7, 11) is 0. The van der Waals surface area contributed by atoms with E-state index < -0.39 is 0 Å². The molecule has 6 heteroatoms. The summed E-state index contributed by atoms with van der Waals surface area (Å²) < 4.78 is 15.1. The summed E-state index contributed by atoms with van der Waals surface area (Å²) >= 11 is 0. The molecule has 5 nitrogen and oxygen atoms in total. The largest absolute Gasteiger partial charge is 0.391 e. The molecular weight excluding hydrogens is 319 g/mol. The molecule has 2 aromatic heterocycles. The maximum absolute atomic E-state index is 13.3. The summed E-state index contributed by atoms with van der Waals surface area (Å²) in [6.45, 7) is 5.39. The van der Waals surface area contributed by atoms with Crippen LogP contribution in [0.5, 0.6) is 0 Å². The Kier molecular flexibility index (Phi) is 3.92. The van der Waals surface area contributed by atoms with Gasteiger partial charge in [-0.2, -0.15) is 9.61 Å². The van der Waals surface area contributed by atoms with E-state index in [2.05, 4.69) is 9.88 Å². The molecule has 25 heavy (non-hydrogen) atoms. The quantitative estimate of drug-likeness (QED) is 0.779. The molecule has 0 radical (unpaired) electrons. The van der Waals surface area contributed by atoms with Crippen LogP contribution < -0.4 is 4.90 Å². The van der Waals surface area contributed by atoms with Crippen LogP contribution in [-0.4, -0.2) is 38.9 Å². The van der Waals surface area contributed by atoms with Crippen molar-refractivity contribution in [3.63, 3.8) is 0 Å². The molecule has 0 spiro atoms. The van der Waals surface area contributed by atoms with Crippen molar-refractivity contribution in [3.8, 4) is 11.1 Å². The Labute approximate surface area is 145 Å². The first-order chi connectivity index (χ1) is 12.0. The van der Waals surface area contributed by atoms with Gasteiger partial charge in [0, 0.05) is 30.4 Å². The number of anilines is 1. The van der Waals surface area contributed by atoms with Gasteiger partial charge in [0.2, 0.25) is 0 Å². The van der Waals surface area contributed by atoms with E-state index in [9.17, 15) is 9.50 Å². The minimum Gasteiger partial charge on any atom is -0.391 e. The number of aromatic nitrogens is 3. The minimum absolute atomic E-state index is 0.259. The lowest BCUT2D eigenvalue weighted by Crippen LogP contribution is -2.39. The lowest BCUT2D eigenvalue weighted by molar-refractivity contribution is 0.153. The predicted octanol–water partition coefficient (Wildman–Crippen LogP) is 3.11. The molecule has 1 atom stereocenters. The van der Waals surface area contributed by atoms with Crippen molar-refractivity contribution in [2.75, 3.05) is 18.0 Å². The molecule has 3 aromatic rings. The van der Waals surface area contributed by atoms with E-state index in [4.69, 9.17) is 5.10 Å². The number of halogens is 1. The van der Waals surface area contributed by atoms with E-state index in [1.165, 1.54) is 12.1 Å². The Hall–Kier alpha value is -2.47. The van der Waals surface area contributed by atoms with E-state index in [1.807, 2.05) is 24.4 Å². The van der Waals surface area contributed by atoms with Crippen LogP contribution in [0.4, 0.5) is 10.2 Å². The summed E-state index contributed by atoms with van der Waals surface area (Å²) in [5, 5.41) is 14.7.